The summed E-state index contributed by atoms with van der Waals surface area (Å²) in [7, 11) is 1.72. The number of halogens is 3. The van der Waals surface area contributed by atoms with Crippen LogP contribution in [0.3, 0.4) is 0 Å². The quantitative estimate of drug-likeness (QED) is 0.662. The predicted octanol–water partition coefficient (Wildman–Crippen LogP) is 4.58. The SMILES string of the molecule is Cc1cc(C(F)(F)F)ccc1C1SCC(=O)Nc2c1c(-c1ccccn1)nn2C. The van der Waals surface area contributed by atoms with Crippen molar-refractivity contribution in [1.29, 1.82) is 0 Å². The Morgan fingerprint density at radius 1 is 1.24 bits per heavy atom. The lowest BCUT2D eigenvalue weighted by Gasteiger charge is -2.19. The van der Waals surface area contributed by atoms with Gasteiger partial charge in [-0.1, -0.05) is 12.1 Å². The van der Waals surface area contributed by atoms with E-state index in [1.54, 1.807) is 30.9 Å². The van der Waals surface area contributed by atoms with E-state index in [1.165, 1.54) is 17.8 Å². The Labute approximate surface area is 169 Å². The number of amides is 1. The molecule has 9 heteroatoms. The van der Waals surface area contributed by atoms with Crippen molar-refractivity contribution in [3.8, 4) is 11.4 Å². The van der Waals surface area contributed by atoms with Crippen LogP contribution in [0.5, 0.6) is 0 Å². The molecule has 1 atom stereocenters. The molecule has 150 valence electrons. The van der Waals surface area contributed by atoms with E-state index in [9.17, 15) is 18.0 Å². The molecule has 1 unspecified atom stereocenters. The highest BCUT2D eigenvalue weighted by molar-refractivity contribution is 8.00. The van der Waals surface area contributed by atoms with Crippen molar-refractivity contribution in [3.05, 3.63) is 64.8 Å². The van der Waals surface area contributed by atoms with Gasteiger partial charge in [0.2, 0.25) is 5.91 Å². The predicted molar refractivity (Wildman–Crippen MR) is 106 cm³/mol. The number of carbonyl (C=O) groups is 1. The molecule has 0 saturated carbocycles. The number of nitrogens with zero attached hydrogens (tertiary/aromatic N) is 3. The number of nitrogens with one attached hydrogen (secondary N) is 1. The van der Waals surface area contributed by atoms with Crippen LogP contribution in [0.1, 0.15) is 27.5 Å². The molecule has 1 amide bonds. The maximum absolute atomic E-state index is 13.1. The molecule has 0 bridgehead atoms. The van der Waals surface area contributed by atoms with E-state index < -0.39 is 11.7 Å². The highest BCUT2D eigenvalue weighted by atomic mass is 32.2. The van der Waals surface area contributed by atoms with Gasteiger partial charge in [0.15, 0.2) is 0 Å². The molecule has 0 fully saturated rings. The topological polar surface area (TPSA) is 59.8 Å². The van der Waals surface area contributed by atoms with Crippen molar-refractivity contribution in [2.75, 3.05) is 11.1 Å². The number of anilines is 1. The normalized spacial score (nSPS) is 16.9. The van der Waals surface area contributed by atoms with Crippen molar-refractivity contribution < 1.29 is 18.0 Å². The maximum atomic E-state index is 13.1. The van der Waals surface area contributed by atoms with E-state index in [0.29, 0.717) is 28.3 Å². The lowest BCUT2D eigenvalue weighted by molar-refractivity contribution is -0.137. The molecule has 0 saturated heterocycles. The Kier molecular flexibility index (Phi) is 4.85. The third-order valence-electron chi connectivity index (χ3n) is 4.77. The third-order valence-corrected chi connectivity index (χ3v) is 6.02. The summed E-state index contributed by atoms with van der Waals surface area (Å²) >= 11 is 1.36. The summed E-state index contributed by atoms with van der Waals surface area (Å²) in [4.78, 5) is 16.6. The number of hydrogen-bond donors (Lipinski definition) is 1. The number of alkyl halides is 3. The summed E-state index contributed by atoms with van der Waals surface area (Å²) in [5.41, 5.74) is 2.50. The Morgan fingerprint density at radius 2 is 2.03 bits per heavy atom. The van der Waals surface area contributed by atoms with Gasteiger partial charge in [-0.25, -0.2) is 0 Å². The van der Waals surface area contributed by atoms with Crippen molar-refractivity contribution in [3.63, 3.8) is 0 Å². The fourth-order valence-electron chi connectivity index (χ4n) is 3.43. The molecule has 1 N–H and O–H groups in total. The van der Waals surface area contributed by atoms with Gasteiger partial charge in [0.05, 0.1) is 22.3 Å². The van der Waals surface area contributed by atoms with Gasteiger partial charge in [-0.15, -0.1) is 11.8 Å². The highest BCUT2D eigenvalue weighted by Gasteiger charge is 2.34. The number of carbonyl (C=O) groups excluding carboxylic acids is 1. The number of hydrogen-bond acceptors (Lipinski definition) is 4. The summed E-state index contributed by atoms with van der Waals surface area (Å²) < 4.78 is 40.9. The van der Waals surface area contributed by atoms with E-state index >= 15 is 0 Å². The Bertz CT molecular complexity index is 1080. The summed E-state index contributed by atoms with van der Waals surface area (Å²) in [5.74, 6) is 0.533. The van der Waals surface area contributed by atoms with Gasteiger partial charge in [-0.2, -0.15) is 18.3 Å². The Hall–Kier alpha value is -2.81. The number of rotatable bonds is 2. The van der Waals surface area contributed by atoms with Crippen molar-refractivity contribution in [2.45, 2.75) is 18.3 Å². The molecule has 3 aromatic rings. The van der Waals surface area contributed by atoms with E-state index in [1.807, 2.05) is 12.1 Å². The smallest absolute Gasteiger partial charge is 0.310 e. The van der Waals surface area contributed by atoms with Crippen LogP contribution in [-0.4, -0.2) is 26.4 Å². The number of fused-ring (bicyclic) bond motifs is 1. The Balaban J connectivity index is 1.90. The average molecular weight is 418 g/mol. The molecule has 0 spiro atoms. The summed E-state index contributed by atoms with van der Waals surface area (Å²) in [6, 6.07) is 9.16. The summed E-state index contributed by atoms with van der Waals surface area (Å²) in [5, 5.41) is 7.05. The molecule has 2 aromatic heterocycles. The summed E-state index contributed by atoms with van der Waals surface area (Å²) in [6.07, 6.45) is -2.76. The zero-order chi connectivity index (χ0) is 20.8. The maximum Gasteiger partial charge on any atom is 0.416 e. The minimum absolute atomic E-state index is 0.182. The third kappa shape index (κ3) is 3.62. The van der Waals surface area contributed by atoms with E-state index in [0.717, 1.165) is 17.7 Å². The lowest BCUT2D eigenvalue weighted by Crippen LogP contribution is -2.15. The fraction of sp³-hybridized carbons (Fsp3) is 0.250. The van der Waals surface area contributed by atoms with Gasteiger partial charge >= 0.3 is 6.18 Å². The minimum atomic E-state index is -4.41. The molecular weight excluding hydrogens is 401 g/mol. The zero-order valence-electron chi connectivity index (χ0n) is 15.6. The van der Waals surface area contributed by atoms with Crippen LogP contribution in [0, 0.1) is 6.92 Å². The van der Waals surface area contributed by atoms with Gasteiger partial charge in [-0.05, 0) is 42.3 Å². The molecular formula is C20H17F3N4OS. The molecule has 1 aromatic carbocycles. The zero-order valence-corrected chi connectivity index (χ0v) is 16.4. The lowest BCUT2D eigenvalue weighted by atomic mass is 9.96. The number of aryl methyl sites for hydroxylation is 2. The molecule has 0 aliphatic carbocycles. The van der Waals surface area contributed by atoms with Crippen molar-refractivity contribution in [1.82, 2.24) is 14.8 Å². The van der Waals surface area contributed by atoms with Crippen LogP contribution in [0.4, 0.5) is 19.0 Å². The first-order valence-corrected chi connectivity index (χ1v) is 9.88. The van der Waals surface area contributed by atoms with Crippen molar-refractivity contribution in [2.24, 2.45) is 7.05 Å². The molecule has 5 nitrogen and oxygen atoms in total. The molecule has 3 heterocycles. The van der Waals surface area contributed by atoms with Crippen LogP contribution >= 0.6 is 11.8 Å². The second-order valence-electron chi connectivity index (χ2n) is 6.76. The molecule has 0 radical (unpaired) electrons. The minimum Gasteiger partial charge on any atom is -0.310 e. The van der Waals surface area contributed by atoms with E-state index in [4.69, 9.17) is 0 Å². The standard InChI is InChI=1S/C20H17F3N4OS/c1-11-9-12(20(21,22)23)6-7-13(11)18-16-17(14-5-3-4-8-24-14)26-27(2)19(16)25-15(28)10-29-18/h3-9,18H,10H2,1-2H3,(H,25,28). The highest BCUT2D eigenvalue weighted by Crippen LogP contribution is 2.47. The van der Waals surface area contributed by atoms with Gasteiger partial charge in [0.1, 0.15) is 11.5 Å². The van der Waals surface area contributed by atoms with Crippen LogP contribution in [0.2, 0.25) is 0 Å². The first kappa shape index (κ1) is 19.5. The second kappa shape index (κ2) is 7.22. The molecule has 4 rings (SSSR count). The van der Waals surface area contributed by atoms with Crippen LogP contribution in [0.15, 0.2) is 42.6 Å². The van der Waals surface area contributed by atoms with Gasteiger partial charge in [-0.3, -0.25) is 14.5 Å². The number of benzene rings is 1. The molecule has 1 aliphatic rings. The van der Waals surface area contributed by atoms with Crippen LogP contribution < -0.4 is 5.32 Å². The van der Waals surface area contributed by atoms with Crippen LogP contribution in [-0.2, 0) is 18.0 Å². The van der Waals surface area contributed by atoms with Crippen molar-refractivity contribution >= 4 is 23.5 Å². The van der Waals surface area contributed by atoms with Gasteiger partial charge in [0, 0.05) is 18.8 Å². The molecule has 29 heavy (non-hydrogen) atoms. The average Bonchev–Trinajstić information content (AvgIpc) is 2.88. The second-order valence-corrected chi connectivity index (χ2v) is 7.85. The van der Waals surface area contributed by atoms with E-state index in [2.05, 4.69) is 15.4 Å². The first-order chi connectivity index (χ1) is 13.8. The van der Waals surface area contributed by atoms with Gasteiger partial charge < -0.3 is 5.32 Å². The summed E-state index contributed by atoms with van der Waals surface area (Å²) in [6.45, 7) is 1.65. The first-order valence-electron chi connectivity index (χ1n) is 8.83. The van der Waals surface area contributed by atoms with Crippen LogP contribution in [0.25, 0.3) is 11.4 Å². The number of pyridine rings is 1. The monoisotopic (exact) mass is 418 g/mol. The Morgan fingerprint density at radius 3 is 2.69 bits per heavy atom. The number of aromatic nitrogens is 3. The molecule has 1 aliphatic heterocycles. The number of thioether (sulfide) groups is 1. The largest absolute Gasteiger partial charge is 0.416 e. The fourth-order valence-corrected chi connectivity index (χ4v) is 4.66. The van der Waals surface area contributed by atoms with Gasteiger partial charge in [0.25, 0.3) is 0 Å². The van der Waals surface area contributed by atoms with E-state index in [-0.39, 0.29) is 16.9 Å².